The fourth-order valence-electron chi connectivity index (χ4n) is 1.52. The molecule has 0 unspecified atom stereocenters. The monoisotopic (exact) mass is 180 g/mol. The minimum absolute atomic E-state index is 0.807. The van der Waals surface area contributed by atoms with E-state index >= 15 is 0 Å². The molecule has 0 spiro atoms. The van der Waals surface area contributed by atoms with Crippen molar-refractivity contribution in [2.45, 2.75) is 13.0 Å². The van der Waals surface area contributed by atoms with Crippen molar-refractivity contribution in [2.24, 2.45) is 0 Å². The van der Waals surface area contributed by atoms with Gasteiger partial charge in [0.1, 0.15) is 6.26 Å². The molecule has 1 radical (unpaired) electrons. The van der Waals surface area contributed by atoms with Crippen LogP contribution >= 0.6 is 0 Å². The first-order chi connectivity index (χ1) is 6.45. The molecule has 0 N–H and O–H groups in total. The zero-order valence-electron chi connectivity index (χ0n) is 7.65. The van der Waals surface area contributed by atoms with Gasteiger partial charge in [0.25, 0.3) is 0 Å². The van der Waals surface area contributed by atoms with Gasteiger partial charge in [-0.05, 0) is 13.0 Å². The highest BCUT2D eigenvalue weighted by Gasteiger charge is 2.11. The SMILES string of the molecule is c1coc(CN2CCC[N]CC2)n1. The summed E-state index contributed by atoms with van der Waals surface area (Å²) in [6, 6.07) is 0. The van der Waals surface area contributed by atoms with E-state index in [0.717, 1.165) is 45.0 Å². The Balaban J connectivity index is 1.86. The summed E-state index contributed by atoms with van der Waals surface area (Å²) in [7, 11) is 0. The van der Waals surface area contributed by atoms with Crippen LogP contribution in [0.25, 0.3) is 0 Å². The molecular formula is C9H14N3O. The Hall–Kier alpha value is -0.870. The van der Waals surface area contributed by atoms with E-state index in [1.807, 2.05) is 0 Å². The van der Waals surface area contributed by atoms with Gasteiger partial charge in [0, 0.05) is 19.6 Å². The van der Waals surface area contributed by atoms with Crippen molar-refractivity contribution in [3.05, 3.63) is 18.4 Å². The molecule has 0 amide bonds. The van der Waals surface area contributed by atoms with Gasteiger partial charge in [-0.25, -0.2) is 10.3 Å². The van der Waals surface area contributed by atoms with E-state index in [2.05, 4.69) is 15.2 Å². The molecule has 2 heterocycles. The lowest BCUT2D eigenvalue weighted by Crippen LogP contribution is -2.26. The minimum atomic E-state index is 0.807. The van der Waals surface area contributed by atoms with Crippen LogP contribution in [0.5, 0.6) is 0 Å². The summed E-state index contributed by atoms with van der Waals surface area (Å²) in [5.41, 5.74) is 0. The average molecular weight is 180 g/mol. The lowest BCUT2D eigenvalue weighted by Gasteiger charge is -2.16. The molecule has 0 bridgehead atoms. The van der Waals surface area contributed by atoms with Crippen LogP contribution in [0.3, 0.4) is 0 Å². The topological polar surface area (TPSA) is 43.4 Å². The molecule has 4 heteroatoms. The van der Waals surface area contributed by atoms with Crippen LogP contribution in [0, 0.1) is 0 Å². The molecule has 4 nitrogen and oxygen atoms in total. The third-order valence-electron chi connectivity index (χ3n) is 2.21. The third kappa shape index (κ3) is 2.54. The lowest BCUT2D eigenvalue weighted by atomic mass is 10.4. The van der Waals surface area contributed by atoms with Crippen LogP contribution in [-0.4, -0.2) is 36.1 Å². The Labute approximate surface area is 77.9 Å². The van der Waals surface area contributed by atoms with E-state index < -0.39 is 0 Å². The highest BCUT2D eigenvalue weighted by atomic mass is 16.3. The summed E-state index contributed by atoms with van der Waals surface area (Å²) >= 11 is 0. The predicted octanol–water partition coefficient (Wildman–Crippen LogP) is 0.485. The van der Waals surface area contributed by atoms with E-state index in [1.54, 1.807) is 12.5 Å². The minimum Gasteiger partial charge on any atom is -0.448 e. The van der Waals surface area contributed by atoms with E-state index in [9.17, 15) is 0 Å². The van der Waals surface area contributed by atoms with Crippen molar-refractivity contribution in [2.75, 3.05) is 26.2 Å². The standard InChI is InChI=1S/C9H14N3O/c1-2-10-3-6-12(5-1)8-9-11-4-7-13-9/h4,7H,1-3,5-6,8H2. The molecule has 1 aromatic heterocycles. The van der Waals surface area contributed by atoms with Crippen LogP contribution in [0.1, 0.15) is 12.3 Å². The van der Waals surface area contributed by atoms with Gasteiger partial charge >= 0.3 is 0 Å². The van der Waals surface area contributed by atoms with Crippen molar-refractivity contribution in [3.8, 4) is 0 Å². The highest BCUT2D eigenvalue weighted by molar-refractivity contribution is 4.80. The molecule has 0 aromatic carbocycles. The number of hydrogen-bond acceptors (Lipinski definition) is 3. The van der Waals surface area contributed by atoms with Crippen LogP contribution < -0.4 is 5.32 Å². The molecule has 2 rings (SSSR count). The van der Waals surface area contributed by atoms with E-state index in [-0.39, 0.29) is 0 Å². The zero-order chi connectivity index (χ0) is 8.93. The number of oxazole rings is 1. The first-order valence-corrected chi connectivity index (χ1v) is 4.69. The Morgan fingerprint density at radius 2 is 2.38 bits per heavy atom. The summed E-state index contributed by atoms with van der Waals surface area (Å²) in [4.78, 5) is 6.44. The maximum Gasteiger partial charge on any atom is 0.208 e. The third-order valence-corrected chi connectivity index (χ3v) is 2.21. The zero-order valence-corrected chi connectivity index (χ0v) is 7.65. The van der Waals surface area contributed by atoms with Crippen molar-refractivity contribution < 1.29 is 4.42 Å². The quantitative estimate of drug-likeness (QED) is 0.665. The smallest absolute Gasteiger partial charge is 0.208 e. The summed E-state index contributed by atoms with van der Waals surface area (Å²) < 4.78 is 5.19. The van der Waals surface area contributed by atoms with Gasteiger partial charge in [-0.2, -0.15) is 0 Å². The molecule has 1 saturated heterocycles. The van der Waals surface area contributed by atoms with Crippen LogP contribution in [-0.2, 0) is 6.54 Å². The van der Waals surface area contributed by atoms with Gasteiger partial charge in [0.15, 0.2) is 0 Å². The van der Waals surface area contributed by atoms with Gasteiger partial charge in [-0.3, -0.25) is 4.90 Å². The fourth-order valence-corrected chi connectivity index (χ4v) is 1.52. The van der Waals surface area contributed by atoms with Gasteiger partial charge in [0.05, 0.1) is 12.7 Å². The van der Waals surface area contributed by atoms with Gasteiger partial charge in [-0.15, -0.1) is 0 Å². The Morgan fingerprint density at radius 1 is 1.38 bits per heavy atom. The fraction of sp³-hybridized carbons (Fsp3) is 0.667. The van der Waals surface area contributed by atoms with E-state index in [4.69, 9.17) is 4.42 Å². The molecule has 0 saturated carbocycles. The van der Waals surface area contributed by atoms with Crippen LogP contribution in [0.2, 0.25) is 0 Å². The van der Waals surface area contributed by atoms with Crippen molar-refractivity contribution in [1.82, 2.24) is 15.2 Å². The van der Waals surface area contributed by atoms with E-state index in [1.165, 1.54) is 0 Å². The number of rotatable bonds is 2. The first kappa shape index (κ1) is 8.72. The second-order valence-electron chi connectivity index (χ2n) is 3.23. The predicted molar refractivity (Wildman–Crippen MR) is 48.3 cm³/mol. The molecule has 1 aromatic rings. The molecule has 1 aliphatic rings. The summed E-state index contributed by atoms with van der Waals surface area (Å²) in [5.74, 6) is 0.807. The Kier molecular flexibility index (Phi) is 2.94. The first-order valence-electron chi connectivity index (χ1n) is 4.69. The van der Waals surface area contributed by atoms with Crippen LogP contribution in [0.15, 0.2) is 16.9 Å². The van der Waals surface area contributed by atoms with E-state index in [0.29, 0.717) is 0 Å². The average Bonchev–Trinajstić information content (AvgIpc) is 2.49. The molecule has 1 fully saturated rings. The molecular weight excluding hydrogens is 166 g/mol. The van der Waals surface area contributed by atoms with Crippen LogP contribution in [0.4, 0.5) is 0 Å². The maximum atomic E-state index is 5.19. The highest BCUT2D eigenvalue weighted by Crippen LogP contribution is 2.03. The molecule has 0 aliphatic carbocycles. The number of aromatic nitrogens is 1. The molecule has 0 atom stereocenters. The van der Waals surface area contributed by atoms with Crippen molar-refractivity contribution in [3.63, 3.8) is 0 Å². The Bertz CT molecular complexity index is 227. The maximum absolute atomic E-state index is 5.19. The normalized spacial score (nSPS) is 20.0. The summed E-state index contributed by atoms with van der Waals surface area (Å²) in [5, 5.41) is 4.36. The second kappa shape index (κ2) is 4.39. The van der Waals surface area contributed by atoms with Crippen molar-refractivity contribution in [1.29, 1.82) is 0 Å². The summed E-state index contributed by atoms with van der Waals surface area (Å²) in [6.45, 7) is 4.90. The number of hydrogen-bond donors (Lipinski definition) is 0. The molecule has 13 heavy (non-hydrogen) atoms. The van der Waals surface area contributed by atoms with Gasteiger partial charge < -0.3 is 4.42 Å². The molecule has 1 aliphatic heterocycles. The van der Waals surface area contributed by atoms with Gasteiger partial charge in [0.2, 0.25) is 5.89 Å². The van der Waals surface area contributed by atoms with Crippen molar-refractivity contribution >= 4 is 0 Å². The Morgan fingerprint density at radius 3 is 3.23 bits per heavy atom. The largest absolute Gasteiger partial charge is 0.448 e. The second-order valence-corrected chi connectivity index (χ2v) is 3.23. The molecule has 71 valence electrons. The van der Waals surface area contributed by atoms with Gasteiger partial charge in [-0.1, -0.05) is 0 Å². The number of nitrogens with zero attached hydrogens (tertiary/aromatic N) is 3. The summed E-state index contributed by atoms with van der Waals surface area (Å²) in [6.07, 6.45) is 4.47. The lowest BCUT2D eigenvalue weighted by molar-refractivity contribution is 0.254.